The lowest BCUT2D eigenvalue weighted by Crippen LogP contribution is -2.41. The standard InChI is InChI=1S/C15H24BNO3/c1-10(17)11-7-8-13(18-6)12(9-11)16-19-14(2,3)15(4,5)20-16/h7-10H,17H2,1-6H3/t10-/m1/s1. The summed E-state index contributed by atoms with van der Waals surface area (Å²) in [6, 6.07) is 5.85. The Hall–Kier alpha value is -1.04. The fourth-order valence-electron chi connectivity index (χ4n) is 2.19. The Labute approximate surface area is 121 Å². The van der Waals surface area contributed by atoms with E-state index in [2.05, 4.69) is 0 Å². The van der Waals surface area contributed by atoms with E-state index in [0.29, 0.717) is 0 Å². The summed E-state index contributed by atoms with van der Waals surface area (Å²) in [5, 5.41) is 0. The molecule has 20 heavy (non-hydrogen) atoms. The Morgan fingerprint density at radius 2 is 1.70 bits per heavy atom. The maximum atomic E-state index is 6.08. The minimum atomic E-state index is -0.436. The third-order valence-electron chi connectivity index (χ3n) is 4.29. The zero-order chi connectivity index (χ0) is 15.1. The predicted octanol–water partition coefficient (Wildman–Crippen LogP) is 2.01. The highest BCUT2D eigenvalue weighted by Crippen LogP contribution is 2.37. The minimum absolute atomic E-state index is 0.0397. The van der Waals surface area contributed by atoms with Gasteiger partial charge >= 0.3 is 7.12 Å². The molecule has 2 rings (SSSR count). The monoisotopic (exact) mass is 277 g/mol. The fourth-order valence-corrected chi connectivity index (χ4v) is 2.19. The van der Waals surface area contributed by atoms with E-state index >= 15 is 0 Å². The number of nitrogens with two attached hydrogens (primary N) is 1. The molecule has 1 aliphatic rings. The van der Waals surface area contributed by atoms with E-state index in [9.17, 15) is 0 Å². The molecule has 1 aliphatic heterocycles. The molecule has 0 amide bonds. The fraction of sp³-hybridized carbons (Fsp3) is 0.600. The Morgan fingerprint density at radius 3 is 2.15 bits per heavy atom. The number of ether oxygens (including phenoxy) is 1. The summed E-state index contributed by atoms with van der Waals surface area (Å²) >= 11 is 0. The van der Waals surface area contributed by atoms with Crippen LogP contribution in [0.15, 0.2) is 18.2 Å². The molecule has 1 aromatic carbocycles. The molecule has 0 bridgehead atoms. The Bertz CT molecular complexity index is 484. The molecule has 0 aromatic heterocycles. The van der Waals surface area contributed by atoms with Crippen molar-refractivity contribution in [3.05, 3.63) is 23.8 Å². The number of hydrogen-bond donors (Lipinski definition) is 1. The van der Waals surface area contributed by atoms with Crippen molar-refractivity contribution < 1.29 is 14.0 Å². The van der Waals surface area contributed by atoms with Crippen LogP contribution in [0.3, 0.4) is 0 Å². The predicted molar refractivity (Wildman–Crippen MR) is 81.3 cm³/mol. The van der Waals surface area contributed by atoms with Gasteiger partial charge in [0.05, 0.1) is 18.3 Å². The second kappa shape index (κ2) is 5.06. The van der Waals surface area contributed by atoms with Crippen LogP contribution in [0.1, 0.15) is 46.2 Å². The van der Waals surface area contributed by atoms with Crippen LogP contribution in [0.4, 0.5) is 0 Å². The first-order chi connectivity index (χ1) is 9.18. The number of hydrogen-bond acceptors (Lipinski definition) is 4. The quantitative estimate of drug-likeness (QED) is 0.859. The van der Waals surface area contributed by atoms with E-state index in [1.54, 1.807) is 7.11 Å². The molecule has 1 saturated heterocycles. The summed E-state index contributed by atoms with van der Waals surface area (Å²) in [5.74, 6) is 0.757. The summed E-state index contributed by atoms with van der Waals surface area (Å²) in [6.07, 6.45) is 0. The molecule has 1 fully saturated rings. The first-order valence-electron chi connectivity index (χ1n) is 6.97. The van der Waals surface area contributed by atoms with Gasteiger partial charge in [-0.15, -0.1) is 0 Å². The molecule has 1 heterocycles. The van der Waals surface area contributed by atoms with Gasteiger partial charge in [-0.2, -0.15) is 0 Å². The van der Waals surface area contributed by atoms with Gasteiger partial charge in [-0.25, -0.2) is 0 Å². The van der Waals surface area contributed by atoms with E-state index in [1.807, 2.05) is 52.8 Å². The van der Waals surface area contributed by atoms with Crippen molar-refractivity contribution in [1.29, 1.82) is 0 Å². The largest absolute Gasteiger partial charge is 0.498 e. The van der Waals surface area contributed by atoms with Crippen LogP contribution in [-0.2, 0) is 9.31 Å². The van der Waals surface area contributed by atoms with Crippen molar-refractivity contribution >= 4 is 12.6 Å². The molecule has 1 aromatic rings. The average Bonchev–Trinajstić information content (AvgIpc) is 2.57. The van der Waals surface area contributed by atoms with Gasteiger partial charge in [0.25, 0.3) is 0 Å². The second-order valence-electron chi connectivity index (χ2n) is 6.38. The molecule has 110 valence electrons. The maximum Gasteiger partial charge on any atom is 0.498 e. The minimum Gasteiger partial charge on any atom is -0.497 e. The summed E-state index contributed by atoms with van der Waals surface area (Å²) in [4.78, 5) is 0. The van der Waals surface area contributed by atoms with Gasteiger partial charge in [0.2, 0.25) is 0 Å². The lowest BCUT2D eigenvalue weighted by molar-refractivity contribution is 0.00578. The lowest BCUT2D eigenvalue weighted by Gasteiger charge is -2.32. The zero-order valence-corrected chi connectivity index (χ0v) is 13.2. The van der Waals surface area contributed by atoms with Gasteiger partial charge in [0.1, 0.15) is 5.75 Å². The second-order valence-corrected chi connectivity index (χ2v) is 6.38. The Morgan fingerprint density at radius 1 is 1.15 bits per heavy atom. The first kappa shape index (κ1) is 15.4. The van der Waals surface area contributed by atoms with Gasteiger partial charge in [0.15, 0.2) is 0 Å². The van der Waals surface area contributed by atoms with E-state index in [1.165, 1.54) is 0 Å². The smallest absolute Gasteiger partial charge is 0.497 e. The van der Waals surface area contributed by atoms with Crippen LogP contribution in [0.5, 0.6) is 5.75 Å². The highest BCUT2D eigenvalue weighted by molar-refractivity contribution is 6.63. The molecule has 0 spiro atoms. The van der Waals surface area contributed by atoms with Crippen LogP contribution in [-0.4, -0.2) is 25.4 Å². The average molecular weight is 277 g/mol. The van der Waals surface area contributed by atoms with E-state index in [0.717, 1.165) is 16.8 Å². The van der Waals surface area contributed by atoms with E-state index in [-0.39, 0.29) is 17.2 Å². The molecule has 0 radical (unpaired) electrons. The van der Waals surface area contributed by atoms with Crippen molar-refractivity contribution in [1.82, 2.24) is 0 Å². The number of rotatable bonds is 3. The molecular formula is C15H24BNO3. The summed E-state index contributed by atoms with van der Waals surface area (Å²) < 4.78 is 17.6. The zero-order valence-electron chi connectivity index (χ0n) is 13.2. The summed E-state index contributed by atoms with van der Waals surface area (Å²) in [6.45, 7) is 10.1. The van der Waals surface area contributed by atoms with Gasteiger partial charge in [0, 0.05) is 11.5 Å². The van der Waals surface area contributed by atoms with Gasteiger partial charge in [-0.3, -0.25) is 0 Å². The topological polar surface area (TPSA) is 53.7 Å². The molecule has 2 N–H and O–H groups in total. The van der Waals surface area contributed by atoms with Crippen LogP contribution < -0.4 is 15.9 Å². The maximum absolute atomic E-state index is 6.08. The molecule has 0 aliphatic carbocycles. The third-order valence-corrected chi connectivity index (χ3v) is 4.29. The lowest BCUT2D eigenvalue weighted by atomic mass is 9.77. The summed E-state index contributed by atoms with van der Waals surface area (Å²) in [7, 11) is 1.21. The Kier molecular flexibility index (Phi) is 3.89. The van der Waals surface area contributed by atoms with Crippen molar-refractivity contribution in [2.24, 2.45) is 5.73 Å². The van der Waals surface area contributed by atoms with Crippen molar-refractivity contribution in [2.45, 2.75) is 51.9 Å². The van der Waals surface area contributed by atoms with Crippen LogP contribution in [0.25, 0.3) is 0 Å². The Balaban J connectivity index is 2.40. The highest BCUT2D eigenvalue weighted by atomic mass is 16.7. The normalized spacial score (nSPS) is 21.9. The van der Waals surface area contributed by atoms with Crippen molar-refractivity contribution in [3.8, 4) is 5.75 Å². The van der Waals surface area contributed by atoms with Crippen LogP contribution >= 0.6 is 0 Å². The van der Waals surface area contributed by atoms with Gasteiger partial charge in [-0.1, -0.05) is 12.1 Å². The molecule has 1 atom stereocenters. The number of benzene rings is 1. The molecule has 0 saturated carbocycles. The van der Waals surface area contributed by atoms with Crippen LogP contribution in [0, 0.1) is 0 Å². The SMILES string of the molecule is COc1ccc([C@@H](C)N)cc1B1OC(C)(C)C(C)(C)O1. The van der Waals surface area contributed by atoms with Crippen molar-refractivity contribution in [3.63, 3.8) is 0 Å². The third kappa shape index (κ3) is 2.58. The molecule has 4 nitrogen and oxygen atoms in total. The van der Waals surface area contributed by atoms with Gasteiger partial charge < -0.3 is 19.8 Å². The van der Waals surface area contributed by atoms with E-state index in [4.69, 9.17) is 19.8 Å². The molecule has 5 heteroatoms. The summed E-state index contributed by atoms with van der Waals surface area (Å²) in [5.41, 5.74) is 7.15. The van der Waals surface area contributed by atoms with E-state index < -0.39 is 7.12 Å². The highest BCUT2D eigenvalue weighted by Gasteiger charge is 2.52. The van der Waals surface area contributed by atoms with Crippen LogP contribution in [0.2, 0.25) is 0 Å². The number of methoxy groups -OCH3 is 1. The van der Waals surface area contributed by atoms with Crippen molar-refractivity contribution in [2.75, 3.05) is 7.11 Å². The molecular weight excluding hydrogens is 253 g/mol. The molecule has 0 unspecified atom stereocenters. The first-order valence-corrected chi connectivity index (χ1v) is 6.97. The van der Waals surface area contributed by atoms with Gasteiger partial charge in [-0.05, 0) is 46.2 Å².